The molecular formula is C5H6FO2-. The van der Waals surface area contributed by atoms with Crippen molar-refractivity contribution in [1.29, 1.82) is 0 Å². The lowest BCUT2D eigenvalue weighted by molar-refractivity contribution is -0.299. The summed E-state index contributed by atoms with van der Waals surface area (Å²) in [5, 5.41) is 9.71. The van der Waals surface area contributed by atoms with Gasteiger partial charge in [0.05, 0.1) is 12.6 Å². The molecule has 0 spiro atoms. The van der Waals surface area contributed by atoms with E-state index >= 15 is 0 Å². The summed E-state index contributed by atoms with van der Waals surface area (Å²) >= 11 is 0. The van der Waals surface area contributed by atoms with Crippen LogP contribution in [0.1, 0.15) is 6.42 Å². The summed E-state index contributed by atoms with van der Waals surface area (Å²) in [7, 11) is 0. The van der Waals surface area contributed by atoms with Crippen molar-refractivity contribution in [3.05, 3.63) is 12.2 Å². The summed E-state index contributed by atoms with van der Waals surface area (Å²) < 4.78 is 11.3. The van der Waals surface area contributed by atoms with E-state index in [0.717, 1.165) is 0 Å². The lowest BCUT2D eigenvalue weighted by Gasteiger charge is -2.00. The molecule has 0 aliphatic rings. The Kier molecular flexibility index (Phi) is 2.84. The highest BCUT2D eigenvalue weighted by Crippen LogP contribution is 1.94. The SMILES string of the molecule is C=C(CCF)C(=O)[O-]. The Morgan fingerprint density at radius 3 is 2.38 bits per heavy atom. The van der Waals surface area contributed by atoms with Gasteiger partial charge in [-0.15, -0.1) is 0 Å². The Labute approximate surface area is 46.6 Å². The predicted octanol–water partition coefficient (Wildman–Crippen LogP) is -0.348. The minimum absolute atomic E-state index is 0.137. The average Bonchev–Trinajstić information content (AvgIpc) is 1.67. The van der Waals surface area contributed by atoms with Crippen LogP contribution >= 0.6 is 0 Å². The number of carboxylic acid groups (broad SMARTS) is 1. The second kappa shape index (κ2) is 3.18. The molecule has 0 atom stereocenters. The summed E-state index contributed by atoms with van der Waals surface area (Å²) in [4.78, 5) is 9.71. The van der Waals surface area contributed by atoms with Gasteiger partial charge in [0.15, 0.2) is 0 Å². The zero-order chi connectivity index (χ0) is 6.57. The first-order valence-electron chi connectivity index (χ1n) is 2.13. The zero-order valence-electron chi connectivity index (χ0n) is 4.32. The molecule has 3 heteroatoms. The molecule has 0 amide bonds. The van der Waals surface area contributed by atoms with E-state index in [1.54, 1.807) is 0 Å². The van der Waals surface area contributed by atoms with Crippen LogP contribution in [0.25, 0.3) is 0 Å². The maximum absolute atomic E-state index is 11.3. The van der Waals surface area contributed by atoms with Crippen LogP contribution in [0.2, 0.25) is 0 Å². The first-order valence-corrected chi connectivity index (χ1v) is 2.13. The van der Waals surface area contributed by atoms with Crippen LogP contribution < -0.4 is 5.11 Å². The third-order valence-corrected chi connectivity index (χ3v) is 0.685. The van der Waals surface area contributed by atoms with Gasteiger partial charge in [-0.3, -0.25) is 4.39 Å². The van der Waals surface area contributed by atoms with Gasteiger partial charge >= 0.3 is 0 Å². The van der Waals surface area contributed by atoms with E-state index in [0.29, 0.717) is 0 Å². The van der Waals surface area contributed by atoms with E-state index in [1.165, 1.54) is 0 Å². The van der Waals surface area contributed by atoms with Gasteiger partial charge in [-0.25, -0.2) is 0 Å². The molecule has 0 aliphatic carbocycles. The highest BCUT2D eigenvalue weighted by Gasteiger charge is 1.91. The molecule has 0 N–H and O–H groups in total. The maximum atomic E-state index is 11.3. The molecule has 2 nitrogen and oxygen atoms in total. The Hall–Kier alpha value is -0.860. The maximum Gasteiger partial charge on any atom is 0.0935 e. The van der Waals surface area contributed by atoms with Gasteiger partial charge in [0.1, 0.15) is 0 Å². The molecule has 0 fully saturated rings. The number of alkyl halides is 1. The van der Waals surface area contributed by atoms with E-state index in [1.807, 2.05) is 0 Å². The van der Waals surface area contributed by atoms with Crippen LogP contribution in [0, 0.1) is 0 Å². The monoisotopic (exact) mass is 117 g/mol. The number of hydrogen-bond acceptors (Lipinski definition) is 2. The van der Waals surface area contributed by atoms with Crippen LogP contribution in [0.5, 0.6) is 0 Å². The summed E-state index contributed by atoms with van der Waals surface area (Å²) in [6, 6.07) is 0. The van der Waals surface area contributed by atoms with Crippen molar-refractivity contribution >= 4 is 5.97 Å². The van der Waals surface area contributed by atoms with Gasteiger partial charge in [-0.1, -0.05) is 6.58 Å². The van der Waals surface area contributed by atoms with Gasteiger partial charge in [0.2, 0.25) is 0 Å². The quantitative estimate of drug-likeness (QED) is 0.474. The van der Waals surface area contributed by atoms with Crippen molar-refractivity contribution in [3.63, 3.8) is 0 Å². The third-order valence-electron chi connectivity index (χ3n) is 0.685. The van der Waals surface area contributed by atoms with Crippen molar-refractivity contribution in [2.75, 3.05) is 6.67 Å². The fourth-order valence-corrected chi connectivity index (χ4v) is 0.216. The third kappa shape index (κ3) is 2.34. The normalized spacial score (nSPS) is 8.62. The fraction of sp³-hybridized carbons (Fsp3) is 0.400. The molecule has 0 saturated carbocycles. The van der Waals surface area contributed by atoms with E-state index in [-0.39, 0.29) is 12.0 Å². The molecule has 0 aromatic rings. The lowest BCUT2D eigenvalue weighted by atomic mass is 10.2. The molecule has 0 saturated heterocycles. The summed E-state index contributed by atoms with van der Waals surface area (Å²) in [6.07, 6.45) is -0.137. The van der Waals surface area contributed by atoms with Crippen LogP contribution in [0.15, 0.2) is 12.2 Å². The van der Waals surface area contributed by atoms with Crippen LogP contribution in [-0.2, 0) is 4.79 Å². The minimum atomic E-state index is -1.37. The smallest absolute Gasteiger partial charge is 0.0935 e. The lowest BCUT2D eigenvalue weighted by Crippen LogP contribution is -2.23. The first kappa shape index (κ1) is 7.14. The minimum Gasteiger partial charge on any atom is -0.545 e. The van der Waals surface area contributed by atoms with Gasteiger partial charge in [0, 0.05) is 6.42 Å². The summed E-state index contributed by atoms with van der Waals surface area (Å²) in [6.45, 7) is 2.35. The number of carboxylic acids is 1. The van der Waals surface area contributed by atoms with Gasteiger partial charge in [-0.2, -0.15) is 0 Å². The highest BCUT2D eigenvalue weighted by molar-refractivity contribution is 5.83. The topological polar surface area (TPSA) is 40.1 Å². The Morgan fingerprint density at radius 2 is 2.25 bits per heavy atom. The Morgan fingerprint density at radius 1 is 1.75 bits per heavy atom. The molecule has 0 heterocycles. The van der Waals surface area contributed by atoms with Crippen molar-refractivity contribution in [2.24, 2.45) is 0 Å². The van der Waals surface area contributed by atoms with Crippen LogP contribution in [0.4, 0.5) is 4.39 Å². The number of rotatable bonds is 3. The van der Waals surface area contributed by atoms with Crippen LogP contribution in [-0.4, -0.2) is 12.6 Å². The molecule has 0 radical (unpaired) electrons. The van der Waals surface area contributed by atoms with E-state index < -0.39 is 12.6 Å². The number of aliphatic carboxylic acids is 1. The highest BCUT2D eigenvalue weighted by atomic mass is 19.1. The van der Waals surface area contributed by atoms with Crippen molar-refractivity contribution in [3.8, 4) is 0 Å². The zero-order valence-corrected chi connectivity index (χ0v) is 4.32. The number of halogens is 1. The molecule has 46 valence electrons. The van der Waals surface area contributed by atoms with Gasteiger partial charge in [0.25, 0.3) is 0 Å². The molecular weight excluding hydrogens is 111 g/mol. The van der Waals surface area contributed by atoms with E-state index in [9.17, 15) is 14.3 Å². The van der Waals surface area contributed by atoms with Crippen LogP contribution in [0.3, 0.4) is 0 Å². The predicted molar refractivity (Wildman–Crippen MR) is 24.7 cm³/mol. The molecule has 8 heavy (non-hydrogen) atoms. The van der Waals surface area contributed by atoms with E-state index in [2.05, 4.69) is 6.58 Å². The molecule has 0 bridgehead atoms. The van der Waals surface area contributed by atoms with Gasteiger partial charge in [-0.05, 0) is 5.57 Å². The second-order valence-corrected chi connectivity index (χ2v) is 1.33. The van der Waals surface area contributed by atoms with Gasteiger partial charge < -0.3 is 9.90 Å². The summed E-state index contributed by atoms with van der Waals surface area (Å²) in [5.74, 6) is -1.37. The largest absolute Gasteiger partial charge is 0.545 e. The fourth-order valence-electron chi connectivity index (χ4n) is 0.216. The van der Waals surface area contributed by atoms with Crippen molar-refractivity contribution < 1.29 is 14.3 Å². The summed E-state index contributed by atoms with van der Waals surface area (Å²) in [5.41, 5.74) is -0.187. The molecule has 0 rings (SSSR count). The number of carbonyl (C=O) groups excluding carboxylic acids is 1. The Balaban J connectivity index is 3.49. The molecule has 0 aliphatic heterocycles. The van der Waals surface area contributed by atoms with E-state index in [4.69, 9.17) is 0 Å². The Bertz CT molecular complexity index is 109. The average molecular weight is 117 g/mol. The number of hydrogen-bond donors (Lipinski definition) is 0. The molecule has 0 unspecified atom stereocenters. The first-order chi connectivity index (χ1) is 3.68. The van der Waals surface area contributed by atoms with Crippen molar-refractivity contribution in [2.45, 2.75) is 6.42 Å². The standard InChI is InChI=1S/C5H7FO2/c1-4(2-3-6)5(7)8/h1-3H2,(H,7,8)/p-1. The second-order valence-electron chi connectivity index (χ2n) is 1.33. The molecule has 0 aromatic carbocycles. The molecule has 0 aromatic heterocycles. The van der Waals surface area contributed by atoms with Crippen molar-refractivity contribution in [1.82, 2.24) is 0 Å². The number of carbonyl (C=O) groups is 1.